The molecule has 16 heavy (non-hydrogen) atoms. The predicted octanol–water partition coefficient (Wildman–Crippen LogP) is 0.648. The third kappa shape index (κ3) is 3.08. The minimum Gasteiger partial charge on any atom is -0.481 e. The standard InChI is InChI=1S/C10H14N2O4/c1-6(7(2)10(14)15)9(13)11-5-8-3-4-12-16-8/h3-4,6-7H,5H2,1-2H3,(H,11,13)(H,14,15). The molecule has 88 valence electrons. The van der Waals surface area contributed by atoms with Crippen molar-refractivity contribution in [2.45, 2.75) is 20.4 Å². The van der Waals surface area contributed by atoms with Gasteiger partial charge >= 0.3 is 5.97 Å². The van der Waals surface area contributed by atoms with Gasteiger partial charge in [-0.1, -0.05) is 19.0 Å². The van der Waals surface area contributed by atoms with E-state index in [2.05, 4.69) is 10.5 Å². The first-order valence-corrected chi connectivity index (χ1v) is 4.92. The highest BCUT2D eigenvalue weighted by molar-refractivity contribution is 5.84. The van der Waals surface area contributed by atoms with Crippen molar-refractivity contribution in [2.75, 3.05) is 0 Å². The molecule has 0 bridgehead atoms. The number of carbonyl (C=O) groups is 2. The number of hydrogen-bond acceptors (Lipinski definition) is 4. The Hall–Kier alpha value is -1.85. The molecule has 2 N–H and O–H groups in total. The first-order chi connectivity index (χ1) is 7.52. The quantitative estimate of drug-likeness (QED) is 0.768. The molecule has 1 aromatic heterocycles. The van der Waals surface area contributed by atoms with E-state index in [0.29, 0.717) is 5.76 Å². The zero-order valence-corrected chi connectivity index (χ0v) is 9.14. The van der Waals surface area contributed by atoms with Crippen LogP contribution in [0.4, 0.5) is 0 Å². The molecule has 0 spiro atoms. The maximum Gasteiger partial charge on any atom is 0.307 e. The summed E-state index contributed by atoms with van der Waals surface area (Å²) in [7, 11) is 0. The van der Waals surface area contributed by atoms with Crippen LogP contribution in [-0.4, -0.2) is 22.1 Å². The van der Waals surface area contributed by atoms with Crippen LogP contribution in [0.3, 0.4) is 0 Å². The van der Waals surface area contributed by atoms with Crippen LogP contribution in [0.2, 0.25) is 0 Å². The lowest BCUT2D eigenvalue weighted by Gasteiger charge is -2.14. The molecule has 1 aromatic rings. The number of nitrogens with one attached hydrogen (secondary N) is 1. The van der Waals surface area contributed by atoms with Crippen molar-refractivity contribution in [3.63, 3.8) is 0 Å². The summed E-state index contributed by atoms with van der Waals surface area (Å²) >= 11 is 0. The van der Waals surface area contributed by atoms with Gasteiger partial charge in [-0.15, -0.1) is 0 Å². The van der Waals surface area contributed by atoms with E-state index in [1.807, 2.05) is 0 Å². The molecular formula is C10H14N2O4. The van der Waals surface area contributed by atoms with Crippen LogP contribution in [0, 0.1) is 11.8 Å². The van der Waals surface area contributed by atoms with Crippen molar-refractivity contribution in [3.8, 4) is 0 Å². The van der Waals surface area contributed by atoms with Gasteiger partial charge in [0.05, 0.1) is 18.7 Å². The van der Waals surface area contributed by atoms with Gasteiger partial charge < -0.3 is 14.9 Å². The minimum atomic E-state index is -0.984. The summed E-state index contributed by atoms with van der Waals surface area (Å²) in [6.45, 7) is 3.30. The van der Waals surface area contributed by atoms with Crippen molar-refractivity contribution in [1.82, 2.24) is 10.5 Å². The molecule has 6 heteroatoms. The van der Waals surface area contributed by atoms with Crippen molar-refractivity contribution >= 4 is 11.9 Å². The Kier molecular flexibility index (Phi) is 4.04. The monoisotopic (exact) mass is 226 g/mol. The molecule has 0 aliphatic rings. The van der Waals surface area contributed by atoms with Crippen LogP contribution in [0.25, 0.3) is 0 Å². The summed E-state index contributed by atoms with van der Waals surface area (Å²) in [4.78, 5) is 22.2. The van der Waals surface area contributed by atoms with Gasteiger partial charge in [-0.3, -0.25) is 9.59 Å². The zero-order chi connectivity index (χ0) is 12.1. The highest BCUT2D eigenvalue weighted by Crippen LogP contribution is 2.11. The second-order valence-corrected chi connectivity index (χ2v) is 3.61. The highest BCUT2D eigenvalue weighted by Gasteiger charge is 2.25. The first kappa shape index (κ1) is 12.2. The number of amides is 1. The molecule has 1 amide bonds. The number of carboxylic acid groups (broad SMARTS) is 1. The van der Waals surface area contributed by atoms with Gasteiger partial charge in [0.2, 0.25) is 5.91 Å². The lowest BCUT2D eigenvalue weighted by Crippen LogP contribution is -2.34. The van der Waals surface area contributed by atoms with E-state index in [-0.39, 0.29) is 12.5 Å². The highest BCUT2D eigenvalue weighted by atomic mass is 16.5. The summed E-state index contributed by atoms with van der Waals surface area (Å²) in [5, 5.41) is 14.8. The maximum absolute atomic E-state index is 11.5. The first-order valence-electron chi connectivity index (χ1n) is 4.92. The van der Waals surface area contributed by atoms with Crippen molar-refractivity contribution in [1.29, 1.82) is 0 Å². The summed E-state index contributed by atoms with van der Waals surface area (Å²) in [6.07, 6.45) is 1.48. The molecule has 0 fully saturated rings. The van der Waals surface area contributed by atoms with E-state index in [0.717, 1.165) is 0 Å². The molecular weight excluding hydrogens is 212 g/mol. The molecule has 1 rings (SSSR count). The van der Waals surface area contributed by atoms with Crippen molar-refractivity contribution in [3.05, 3.63) is 18.0 Å². The third-order valence-electron chi connectivity index (χ3n) is 2.48. The molecule has 0 aromatic carbocycles. The number of carboxylic acids is 1. The average molecular weight is 226 g/mol. The van der Waals surface area contributed by atoms with Crippen molar-refractivity contribution < 1.29 is 19.2 Å². The lowest BCUT2D eigenvalue weighted by molar-refractivity contribution is -0.146. The van der Waals surface area contributed by atoms with Crippen LogP contribution in [0.5, 0.6) is 0 Å². The number of aliphatic carboxylic acids is 1. The summed E-state index contributed by atoms with van der Waals surface area (Å²) < 4.78 is 4.79. The number of aromatic nitrogens is 1. The molecule has 0 aliphatic heterocycles. The molecule has 0 saturated carbocycles. The molecule has 2 atom stereocenters. The Morgan fingerprint density at radius 2 is 2.19 bits per heavy atom. The number of hydrogen-bond donors (Lipinski definition) is 2. The van der Waals surface area contributed by atoms with Crippen molar-refractivity contribution in [2.24, 2.45) is 11.8 Å². The van der Waals surface area contributed by atoms with E-state index in [4.69, 9.17) is 9.63 Å². The Morgan fingerprint density at radius 1 is 1.50 bits per heavy atom. The molecule has 0 saturated heterocycles. The summed E-state index contributed by atoms with van der Waals surface area (Å²) in [5.74, 6) is -2.06. The fourth-order valence-corrected chi connectivity index (χ4v) is 1.11. The Labute approximate surface area is 92.6 Å². The van der Waals surface area contributed by atoms with Gasteiger partial charge in [-0.2, -0.15) is 0 Å². The van der Waals surface area contributed by atoms with E-state index in [9.17, 15) is 9.59 Å². The Bertz CT molecular complexity index is 361. The molecule has 6 nitrogen and oxygen atoms in total. The fourth-order valence-electron chi connectivity index (χ4n) is 1.11. The maximum atomic E-state index is 11.5. The second kappa shape index (κ2) is 5.29. The number of carbonyl (C=O) groups excluding carboxylic acids is 1. The van der Waals surface area contributed by atoms with Gasteiger partial charge in [0.15, 0.2) is 5.76 Å². The third-order valence-corrected chi connectivity index (χ3v) is 2.48. The molecule has 0 aliphatic carbocycles. The van der Waals surface area contributed by atoms with Crippen LogP contribution < -0.4 is 5.32 Å². The summed E-state index contributed by atoms with van der Waals surface area (Å²) in [6, 6.07) is 1.63. The van der Waals surface area contributed by atoms with E-state index in [1.54, 1.807) is 13.0 Å². The Morgan fingerprint density at radius 3 is 2.69 bits per heavy atom. The second-order valence-electron chi connectivity index (χ2n) is 3.61. The van der Waals surface area contributed by atoms with Crippen LogP contribution in [0.1, 0.15) is 19.6 Å². The Balaban J connectivity index is 2.43. The minimum absolute atomic E-state index is 0.218. The van der Waals surface area contributed by atoms with Crippen LogP contribution in [-0.2, 0) is 16.1 Å². The predicted molar refractivity (Wildman–Crippen MR) is 54.3 cm³/mol. The number of rotatable bonds is 5. The number of nitrogens with zero attached hydrogens (tertiary/aromatic N) is 1. The zero-order valence-electron chi connectivity index (χ0n) is 9.14. The molecule has 0 radical (unpaired) electrons. The van der Waals surface area contributed by atoms with Crippen LogP contribution in [0.15, 0.2) is 16.8 Å². The van der Waals surface area contributed by atoms with Gasteiger partial charge in [-0.25, -0.2) is 0 Å². The smallest absolute Gasteiger partial charge is 0.307 e. The largest absolute Gasteiger partial charge is 0.481 e. The van der Waals surface area contributed by atoms with Gasteiger partial charge in [0.1, 0.15) is 0 Å². The average Bonchev–Trinajstić information content (AvgIpc) is 2.76. The van der Waals surface area contributed by atoms with E-state index < -0.39 is 17.8 Å². The fraction of sp³-hybridized carbons (Fsp3) is 0.500. The lowest BCUT2D eigenvalue weighted by atomic mass is 9.95. The molecule has 2 unspecified atom stereocenters. The van der Waals surface area contributed by atoms with Gasteiger partial charge in [0, 0.05) is 12.0 Å². The van der Waals surface area contributed by atoms with E-state index >= 15 is 0 Å². The van der Waals surface area contributed by atoms with E-state index in [1.165, 1.54) is 13.1 Å². The van der Waals surface area contributed by atoms with Crippen LogP contribution >= 0.6 is 0 Å². The van der Waals surface area contributed by atoms with Gasteiger partial charge in [-0.05, 0) is 0 Å². The molecule has 1 heterocycles. The SMILES string of the molecule is CC(C(=O)O)C(C)C(=O)NCc1ccno1. The topological polar surface area (TPSA) is 92.4 Å². The van der Waals surface area contributed by atoms with Gasteiger partial charge in [0.25, 0.3) is 0 Å². The normalized spacial score (nSPS) is 14.1. The summed E-state index contributed by atoms with van der Waals surface area (Å²) in [5.41, 5.74) is 0.